The zero-order valence-electron chi connectivity index (χ0n) is 16.9. The number of aromatic amines is 1. The lowest BCUT2D eigenvalue weighted by Gasteiger charge is -2.32. The first-order valence-electron chi connectivity index (χ1n) is 9.98. The molecule has 0 bridgehead atoms. The molecule has 6 rings (SSSR count). The number of ether oxygens (including phenoxy) is 1. The molecule has 11 heteroatoms. The molecule has 1 atom stereocenters. The summed E-state index contributed by atoms with van der Waals surface area (Å²) in [7, 11) is 1.55. The van der Waals surface area contributed by atoms with Crippen molar-refractivity contribution in [3.8, 4) is 17.3 Å². The molecule has 0 aliphatic carbocycles. The first kappa shape index (κ1) is 18.5. The van der Waals surface area contributed by atoms with E-state index in [1.54, 1.807) is 50.1 Å². The topological polar surface area (TPSA) is 110 Å². The van der Waals surface area contributed by atoms with E-state index in [2.05, 4.69) is 30.2 Å². The number of H-pyrrole nitrogens is 1. The van der Waals surface area contributed by atoms with Gasteiger partial charge in [0.15, 0.2) is 0 Å². The Morgan fingerprint density at radius 1 is 1.22 bits per heavy atom. The predicted octanol–water partition coefficient (Wildman–Crippen LogP) is 2.80. The van der Waals surface area contributed by atoms with Gasteiger partial charge < -0.3 is 19.0 Å². The third-order valence-corrected chi connectivity index (χ3v) is 5.53. The molecule has 0 radical (unpaired) electrons. The third-order valence-electron chi connectivity index (χ3n) is 5.53. The first-order valence-corrected chi connectivity index (χ1v) is 9.98. The maximum atomic E-state index is 14.3. The molecule has 5 aromatic heterocycles. The average Bonchev–Trinajstić information content (AvgIpc) is 3.57. The molecular formula is C21H17FN8O2. The number of aromatic nitrogens is 7. The van der Waals surface area contributed by atoms with Crippen LogP contribution in [0.15, 0.2) is 53.5 Å². The summed E-state index contributed by atoms with van der Waals surface area (Å²) in [5.74, 6) is 0.487. The van der Waals surface area contributed by atoms with Crippen molar-refractivity contribution >= 4 is 11.5 Å². The number of pyridine rings is 2. The quantitative estimate of drug-likeness (QED) is 0.462. The largest absolute Gasteiger partial charge is 0.481 e. The summed E-state index contributed by atoms with van der Waals surface area (Å²) in [4.78, 5) is 13.8. The van der Waals surface area contributed by atoms with E-state index in [-0.39, 0.29) is 5.82 Å². The van der Waals surface area contributed by atoms with Gasteiger partial charge in [-0.05, 0) is 24.3 Å². The van der Waals surface area contributed by atoms with Crippen LogP contribution in [0.3, 0.4) is 0 Å². The molecule has 0 aromatic carbocycles. The van der Waals surface area contributed by atoms with Crippen molar-refractivity contribution in [2.45, 2.75) is 12.5 Å². The zero-order chi connectivity index (χ0) is 21.7. The second-order valence-electron chi connectivity index (χ2n) is 7.35. The number of fused-ring (bicyclic) bond motifs is 2. The van der Waals surface area contributed by atoms with Crippen LogP contribution in [0.1, 0.15) is 23.1 Å². The van der Waals surface area contributed by atoms with Crippen molar-refractivity contribution in [3.63, 3.8) is 0 Å². The third kappa shape index (κ3) is 2.89. The van der Waals surface area contributed by atoms with E-state index in [4.69, 9.17) is 9.15 Å². The molecule has 6 heterocycles. The van der Waals surface area contributed by atoms with Crippen molar-refractivity contribution in [1.82, 2.24) is 34.8 Å². The Kier molecular flexibility index (Phi) is 4.13. The van der Waals surface area contributed by atoms with Gasteiger partial charge in [-0.1, -0.05) is 5.10 Å². The number of nitrogens with zero attached hydrogens (tertiary/aromatic N) is 7. The summed E-state index contributed by atoms with van der Waals surface area (Å²) in [6.45, 7) is 0.596. The fourth-order valence-electron chi connectivity index (χ4n) is 3.99. The average molecular weight is 432 g/mol. The van der Waals surface area contributed by atoms with E-state index in [0.717, 1.165) is 17.8 Å². The molecule has 0 spiro atoms. The van der Waals surface area contributed by atoms with Crippen LogP contribution in [0.4, 0.5) is 10.4 Å². The molecule has 160 valence electrons. The van der Waals surface area contributed by atoms with E-state index in [1.807, 2.05) is 4.90 Å². The van der Waals surface area contributed by atoms with Crippen molar-refractivity contribution in [2.24, 2.45) is 0 Å². The van der Waals surface area contributed by atoms with Crippen LogP contribution in [-0.2, 0) is 6.42 Å². The Balaban J connectivity index is 1.42. The summed E-state index contributed by atoms with van der Waals surface area (Å²) in [6.07, 6.45) is 5.69. The first-order chi connectivity index (χ1) is 15.7. The number of rotatable bonds is 4. The molecule has 1 N–H and O–H groups in total. The minimum Gasteiger partial charge on any atom is -0.481 e. The van der Waals surface area contributed by atoms with Crippen molar-refractivity contribution in [3.05, 3.63) is 72.0 Å². The Morgan fingerprint density at radius 2 is 2.16 bits per heavy atom. The van der Waals surface area contributed by atoms with Gasteiger partial charge >= 0.3 is 6.01 Å². The molecule has 0 amide bonds. The van der Waals surface area contributed by atoms with Crippen LogP contribution < -0.4 is 9.64 Å². The van der Waals surface area contributed by atoms with E-state index >= 15 is 0 Å². The van der Waals surface area contributed by atoms with Crippen LogP contribution in [0, 0.1) is 5.82 Å². The van der Waals surface area contributed by atoms with Crippen LogP contribution in [0.5, 0.6) is 5.88 Å². The predicted molar refractivity (Wildman–Crippen MR) is 111 cm³/mol. The van der Waals surface area contributed by atoms with Crippen molar-refractivity contribution < 1.29 is 13.5 Å². The van der Waals surface area contributed by atoms with E-state index in [9.17, 15) is 4.39 Å². The van der Waals surface area contributed by atoms with Crippen LogP contribution in [0.25, 0.3) is 17.0 Å². The van der Waals surface area contributed by atoms with Gasteiger partial charge in [0, 0.05) is 37.1 Å². The smallest absolute Gasteiger partial charge is 0.319 e. The molecule has 10 nitrogen and oxygen atoms in total. The highest BCUT2D eigenvalue weighted by molar-refractivity contribution is 5.55. The molecule has 0 fully saturated rings. The summed E-state index contributed by atoms with van der Waals surface area (Å²) in [6, 6.07) is 8.19. The van der Waals surface area contributed by atoms with Crippen LogP contribution in [0.2, 0.25) is 0 Å². The zero-order valence-corrected chi connectivity index (χ0v) is 16.9. The van der Waals surface area contributed by atoms with Crippen molar-refractivity contribution in [2.75, 3.05) is 18.6 Å². The number of hydrogen-bond donors (Lipinski definition) is 1. The Bertz CT molecular complexity index is 1410. The van der Waals surface area contributed by atoms with E-state index in [0.29, 0.717) is 41.1 Å². The highest BCUT2D eigenvalue weighted by Crippen LogP contribution is 2.37. The molecule has 0 saturated carbocycles. The Hall–Kier alpha value is -4.28. The van der Waals surface area contributed by atoms with Gasteiger partial charge in [0.05, 0.1) is 30.4 Å². The molecule has 0 saturated heterocycles. The molecule has 0 unspecified atom stereocenters. The molecule has 32 heavy (non-hydrogen) atoms. The van der Waals surface area contributed by atoms with Gasteiger partial charge in [-0.2, -0.15) is 5.10 Å². The summed E-state index contributed by atoms with van der Waals surface area (Å²) in [5.41, 5.74) is 3.50. The Labute approximate surface area is 180 Å². The van der Waals surface area contributed by atoms with Gasteiger partial charge in [-0.15, -0.1) is 5.10 Å². The maximum Gasteiger partial charge on any atom is 0.319 e. The fourth-order valence-corrected chi connectivity index (χ4v) is 3.99. The molecule has 5 aromatic rings. The monoisotopic (exact) mass is 432 g/mol. The highest BCUT2D eigenvalue weighted by atomic mass is 19.1. The summed E-state index contributed by atoms with van der Waals surface area (Å²) < 4.78 is 26.9. The number of hydrogen-bond acceptors (Lipinski definition) is 8. The number of imidazole rings is 1. The van der Waals surface area contributed by atoms with Gasteiger partial charge in [0.1, 0.15) is 17.4 Å². The number of methoxy groups -OCH3 is 1. The highest BCUT2D eigenvalue weighted by Gasteiger charge is 2.36. The number of nitrogens with one attached hydrogen (secondary N) is 1. The van der Waals surface area contributed by atoms with Crippen molar-refractivity contribution in [1.29, 1.82) is 0 Å². The molecule has 1 aliphatic rings. The summed E-state index contributed by atoms with van der Waals surface area (Å²) >= 11 is 0. The maximum absolute atomic E-state index is 14.3. The minimum atomic E-state index is -0.411. The van der Waals surface area contributed by atoms with Gasteiger partial charge in [-0.3, -0.25) is 0 Å². The lowest BCUT2D eigenvalue weighted by Crippen LogP contribution is -2.36. The lowest BCUT2D eigenvalue weighted by atomic mass is 10.0. The van der Waals surface area contributed by atoms with E-state index < -0.39 is 6.04 Å². The van der Waals surface area contributed by atoms with Crippen LogP contribution >= 0.6 is 0 Å². The second-order valence-corrected chi connectivity index (χ2v) is 7.35. The Morgan fingerprint density at radius 3 is 2.97 bits per heavy atom. The molecule has 1 aliphatic heterocycles. The van der Waals surface area contributed by atoms with Gasteiger partial charge in [-0.25, -0.2) is 18.9 Å². The normalized spacial score (nSPS) is 15.8. The standard InChI is InChI=1S/C21H17FN8O2/c1-31-17-5-4-12(10-23-17)20-26-27-21(32-20)29-8-6-14-18(25-11-24-14)19(29)15-9-16-13(22)3-2-7-30(16)28-15/h2-5,7,9-11,19H,6,8H2,1H3,(H,24,25)/t19-/m1/s1. The molecular weight excluding hydrogens is 415 g/mol. The fraction of sp³-hybridized carbons (Fsp3) is 0.190. The number of anilines is 1. The lowest BCUT2D eigenvalue weighted by molar-refractivity contribution is 0.398. The summed E-state index contributed by atoms with van der Waals surface area (Å²) in [5, 5.41) is 13.1. The van der Waals surface area contributed by atoms with Gasteiger partial charge in [0.25, 0.3) is 5.89 Å². The minimum absolute atomic E-state index is 0.326. The van der Waals surface area contributed by atoms with Crippen LogP contribution in [-0.4, -0.2) is 48.4 Å². The second kappa shape index (κ2) is 7.15. The number of halogens is 1. The van der Waals surface area contributed by atoms with Gasteiger partial charge in [0.2, 0.25) is 5.88 Å². The SMILES string of the molecule is COc1ccc(-c2nnc(N3CCc4[nH]cnc4[C@H]3c3cc4c(F)cccn4n3)o2)cn1. The van der Waals surface area contributed by atoms with E-state index in [1.165, 1.54) is 10.6 Å².